The van der Waals surface area contributed by atoms with Crippen molar-refractivity contribution in [3.05, 3.63) is 0 Å². The first kappa shape index (κ1) is 19.4. The highest BCUT2D eigenvalue weighted by Crippen LogP contribution is 2.23. The third-order valence-electron chi connectivity index (χ3n) is 3.55. The van der Waals surface area contributed by atoms with Gasteiger partial charge in [-0.2, -0.15) is 0 Å². The lowest BCUT2D eigenvalue weighted by molar-refractivity contribution is -0.144. The first-order valence-electron chi connectivity index (χ1n) is 8.18. The third kappa shape index (κ3) is 11.3. The van der Waals surface area contributed by atoms with Gasteiger partial charge in [0.25, 0.3) is 0 Å². The van der Waals surface area contributed by atoms with Crippen molar-refractivity contribution in [1.82, 2.24) is 0 Å². The molecule has 0 saturated heterocycles. The Balaban J connectivity index is 3.88. The van der Waals surface area contributed by atoms with Gasteiger partial charge in [0.05, 0.1) is 12.7 Å². The number of hydrogen-bond donors (Lipinski definition) is 1. The van der Waals surface area contributed by atoms with E-state index < -0.39 is 0 Å². The monoisotopic (exact) mass is 286 g/mol. The molecule has 3 heteroatoms. The molecule has 0 aliphatic rings. The van der Waals surface area contributed by atoms with Crippen molar-refractivity contribution in [2.45, 2.75) is 79.2 Å². The van der Waals surface area contributed by atoms with E-state index in [0.29, 0.717) is 43.6 Å². The molecule has 0 bridgehead atoms. The van der Waals surface area contributed by atoms with E-state index in [1.54, 1.807) is 0 Å². The third-order valence-corrected chi connectivity index (χ3v) is 3.55. The molecule has 0 aliphatic carbocycles. The SMILES string of the molecule is CCC(O)CCC(=O)OCCC(CC(C)C)CC(C)C. The fraction of sp³-hybridized carbons (Fsp3) is 0.941. The van der Waals surface area contributed by atoms with Crippen molar-refractivity contribution >= 4 is 5.97 Å². The molecule has 1 atom stereocenters. The number of esters is 1. The van der Waals surface area contributed by atoms with Crippen LogP contribution in [0.2, 0.25) is 0 Å². The number of carbonyl (C=O) groups is 1. The molecule has 1 unspecified atom stereocenters. The largest absolute Gasteiger partial charge is 0.466 e. The molecule has 120 valence electrons. The van der Waals surface area contributed by atoms with Crippen LogP contribution in [-0.4, -0.2) is 23.8 Å². The molecule has 3 nitrogen and oxygen atoms in total. The first-order chi connectivity index (χ1) is 9.35. The molecule has 0 amide bonds. The molecule has 0 aromatic heterocycles. The summed E-state index contributed by atoms with van der Waals surface area (Å²) in [5, 5.41) is 9.41. The van der Waals surface area contributed by atoms with Crippen molar-refractivity contribution in [3.63, 3.8) is 0 Å². The Kier molecular flexibility index (Phi) is 10.8. The van der Waals surface area contributed by atoms with Crippen LogP contribution < -0.4 is 0 Å². The molecule has 0 saturated carbocycles. The molecule has 0 radical (unpaired) electrons. The van der Waals surface area contributed by atoms with E-state index in [1.807, 2.05) is 6.92 Å². The minimum absolute atomic E-state index is 0.176. The Morgan fingerprint density at radius 1 is 1.05 bits per heavy atom. The predicted octanol–water partition coefficient (Wildman–Crippen LogP) is 4.18. The fourth-order valence-electron chi connectivity index (χ4n) is 2.57. The smallest absolute Gasteiger partial charge is 0.305 e. The molecule has 0 fully saturated rings. The van der Waals surface area contributed by atoms with Crippen molar-refractivity contribution < 1.29 is 14.6 Å². The molecule has 1 N–H and O–H groups in total. The number of hydrogen-bond acceptors (Lipinski definition) is 3. The van der Waals surface area contributed by atoms with Gasteiger partial charge in [-0.15, -0.1) is 0 Å². The van der Waals surface area contributed by atoms with Crippen LogP contribution in [0.3, 0.4) is 0 Å². The summed E-state index contributed by atoms with van der Waals surface area (Å²) in [7, 11) is 0. The molecular formula is C17H34O3. The van der Waals surface area contributed by atoms with Crippen molar-refractivity contribution in [3.8, 4) is 0 Å². The van der Waals surface area contributed by atoms with Gasteiger partial charge in [-0.05, 0) is 49.9 Å². The topological polar surface area (TPSA) is 46.5 Å². The Bertz CT molecular complexity index is 239. The molecule has 0 aromatic rings. The highest BCUT2D eigenvalue weighted by molar-refractivity contribution is 5.69. The Morgan fingerprint density at radius 3 is 2.05 bits per heavy atom. The average molecular weight is 286 g/mol. The van der Waals surface area contributed by atoms with Crippen LogP contribution in [0.5, 0.6) is 0 Å². The Morgan fingerprint density at radius 2 is 1.60 bits per heavy atom. The molecule has 0 heterocycles. The van der Waals surface area contributed by atoms with Gasteiger partial charge in [-0.1, -0.05) is 34.6 Å². The van der Waals surface area contributed by atoms with Crippen molar-refractivity contribution in [1.29, 1.82) is 0 Å². The van der Waals surface area contributed by atoms with E-state index in [4.69, 9.17) is 4.74 Å². The van der Waals surface area contributed by atoms with Crippen molar-refractivity contribution in [2.75, 3.05) is 6.61 Å². The van der Waals surface area contributed by atoms with E-state index in [0.717, 1.165) is 6.42 Å². The van der Waals surface area contributed by atoms with Crippen LogP contribution >= 0.6 is 0 Å². The van der Waals surface area contributed by atoms with Crippen molar-refractivity contribution in [2.24, 2.45) is 17.8 Å². The van der Waals surface area contributed by atoms with Gasteiger partial charge < -0.3 is 9.84 Å². The van der Waals surface area contributed by atoms with Crippen LogP contribution in [-0.2, 0) is 9.53 Å². The van der Waals surface area contributed by atoms with Gasteiger partial charge >= 0.3 is 5.97 Å². The maximum atomic E-state index is 11.6. The predicted molar refractivity (Wildman–Crippen MR) is 83.5 cm³/mol. The summed E-state index contributed by atoms with van der Waals surface area (Å²) in [6.45, 7) is 11.4. The summed E-state index contributed by atoms with van der Waals surface area (Å²) in [5.41, 5.74) is 0. The van der Waals surface area contributed by atoms with Gasteiger partial charge in [-0.25, -0.2) is 0 Å². The van der Waals surface area contributed by atoms with Gasteiger partial charge in [0.2, 0.25) is 0 Å². The number of aliphatic hydroxyl groups is 1. The second kappa shape index (κ2) is 11.1. The van der Waals surface area contributed by atoms with E-state index in [2.05, 4.69) is 27.7 Å². The minimum Gasteiger partial charge on any atom is -0.466 e. The lowest BCUT2D eigenvalue weighted by Gasteiger charge is -2.20. The van der Waals surface area contributed by atoms with Gasteiger partial charge in [-0.3, -0.25) is 4.79 Å². The quantitative estimate of drug-likeness (QED) is 0.580. The molecule has 0 aromatic carbocycles. The molecule has 20 heavy (non-hydrogen) atoms. The summed E-state index contributed by atoms with van der Waals surface area (Å²) in [5.74, 6) is 1.85. The summed E-state index contributed by atoms with van der Waals surface area (Å²) in [4.78, 5) is 11.6. The second-order valence-electron chi connectivity index (χ2n) is 6.74. The number of ether oxygens (including phenoxy) is 1. The van der Waals surface area contributed by atoms with Gasteiger partial charge in [0.1, 0.15) is 0 Å². The number of carbonyl (C=O) groups excluding carboxylic acids is 1. The maximum absolute atomic E-state index is 11.6. The lowest BCUT2D eigenvalue weighted by atomic mass is 9.87. The Labute approximate surface area is 125 Å². The van der Waals surface area contributed by atoms with Gasteiger partial charge in [0.15, 0.2) is 0 Å². The second-order valence-corrected chi connectivity index (χ2v) is 6.74. The van der Waals surface area contributed by atoms with E-state index in [9.17, 15) is 9.90 Å². The zero-order valence-electron chi connectivity index (χ0n) is 14.0. The fourth-order valence-corrected chi connectivity index (χ4v) is 2.57. The number of aliphatic hydroxyl groups excluding tert-OH is 1. The summed E-state index contributed by atoms with van der Waals surface area (Å²) >= 11 is 0. The summed E-state index contributed by atoms with van der Waals surface area (Å²) in [6.07, 6.45) is 4.51. The normalized spacial score (nSPS) is 13.2. The molecule has 0 rings (SSSR count). The van der Waals surface area contributed by atoms with E-state index in [1.165, 1.54) is 12.8 Å². The van der Waals surface area contributed by atoms with Crippen LogP contribution in [0.15, 0.2) is 0 Å². The highest BCUT2D eigenvalue weighted by atomic mass is 16.5. The molecule has 0 aliphatic heterocycles. The summed E-state index contributed by atoms with van der Waals surface area (Å²) < 4.78 is 5.28. The number of rotatable bonds is 11. The van der Waals surface area contributed by atoms with Crippen LogP contribution in [0.1, 0.15) is 73.1 Å². The van der Waals surface area contributed by atoms with Crippen LogP contribution in [0, 0.1) is 17.8 Å². The van der Waals surface area contributed by atoms with E-state index >= 15 is 0 Å². The minimum atomic E-state index is -0.378. The molecular weight excluding hydrogens is 252 g/mol. The maximum Gasteiger partial charge on any atom is 0.305 e. The van der Waals surface area contributed by atoms with Crippen LogP contribution in [0.25, 0.3) is 0 Å². The first-order valence-corrected chi connectivity index (χ1v) is 8.18. The summed E-state index contributed by atoms with van der Waals surface area (Å²) in [6, 6.07) is 0. The average Bonchev–Trinajstić information content (AvgIpc) is 2.34. The zero-order valence-corrected chi connectivity index (χ0v) is 14.0. The highest BCUT2D eigenvalue weighted by Gasteiger charge is 2.14. The lowest BCUT2D eigenvalue weighted by Crippen LogP contribution is -2.15. The Hall–Kier alpha value is -0.570. The molecule has 0 spiro atoms. The zero-order chi connectivity index (χ0) is 15.5. The standard InChI is InChI=1S/C17H34O3/c1-6-16(18)7-8-17(19)20-10-9-15(11-13(2)3)12-14(4)5/h13-16,18H,6-12H2,1-5H3. The van der Waals surface area contributed by atoms with Crippen LogP contribution in [0.4, 0.5) is 0 Å². The van der Waals surface area contributed by atoms with Gasteiger partial charge in [0, 0.05) is 6.42 Å². The van der Waals surface area contributed by atoms with E-state index in [-0.39, 0.29) is 12.1 Å².